The van der Waals surface area contributed by atoms with Crippen molar-refractivity contribution in [1.29, 1.82) is 0 Å². The maximum atomic E-state index is 12.4. The van der Waals surface area contributed by atoms with E-state index in [9.17, 15) is 4.79 Å². The van der Waals surface area contributed by atoms with Crippen LogP contribution in [0.25, 0.3) is 0 Å². The Balaban J connectivity index is 1.51. The molecule has 1 aromatic carbocycles. The van der Waals surface area contributed by atoms with Gasteiger partial charge in [-0.15, -0.1) is 11.8 Å². The van der Waals surface area contributed by atoms with Crippen molar-refractivity contribution < 1.29 is 9.53 Å². The fourth-order valence-corrected chi connectivity index (χ4v) is 4.52. The van der Waals surface area contributed by atoms with Crippen LogP contribution >= 0.6 is 11.8 Å². The Morgan fingerprint density at radius 1 is 1.26 bits per heavy atom. The molecule has 1 aliphatic heterocycles. The normalized spacial score (nSPS) is 22.8. The minimum Gasteiger partial charge on any atom is -0.381 e. The largest absolute Gasteiger partial charge is 0.381 e. The summed E-state index contributed by atoms with van der Waals surface area (Å²) in [5, 5.41) is 3.85. The standard InChI is InChI=1S/C19H27NO2S/c1-14(2)23-16-5-3-15(4-6-16)13-18(21)20-17-7-8-19(17)9-11-22-12-10-19/h3-6,14,17H,7-13H2,1-2H3,(H,20,21). The molecule has 0 aromatic heterocycles. The second kappa shape index (κ2) is 7.27. The zero-order valence-electron chi connectivity index (χ0n) is 14.1. The van der Waals surface area contributed by atoms with Crippen molar-refractivity contribution in [2.75, 3.05) is 13.2 Å². The smallest absolute Gasteiger partial charge is 0.224 e. The summed E-state index contributed by atoms with van der Waals surface area (Å²) in [5.41, 5.74) is 1.42. The number of thioether (sulfide) groups is 1. The van der Waals surface area contributed by atoms with Crippen LogP contribution in [0.1, 0.15) is 45.1 Å². The molecule has 1 amide bonds. The lowest BCUT2D eigenvalue weighted by Gasteiger charge is -2.52. The number of benzene rings is 1. The molecule has 1 aromatic rings. The zero-order chi connectivity index (χ0) is 16.3. The summed E-state index contributed by atoms with van der Waals surface area (Å²) >= 11 is 1.85. The number of nitrogens with one attached hydrogen (secondary N) is 1. The molecule has 3 rings (SSSR count). The van der Waals surface area contributed by atoms with E-state index in [1.165, 1.54) is 11.3 Å². The second-order valence-corrected chi connectivity index (χ2v) is 8.77. The lowest BCUT2D eigenvalue weighted by Crippen LogP contribution is -2.57. The predicted octanol–water partition coefficient (Wildman–Crippen LogP) is 3.81. The average molecular weight is 333 g/mol. The molecule has 1 aliphatic carbocycles. The maximum Gasteiger partial charge on any atom is 0.224 e. The quantitative estimate of drug-likeness (QED) is 0.833. The molecule has 126 valence electrons. The van der Waals surface area contributed by atoms with Gasteiger partial charge in [0.25, 0.3) is 0 Å². The van der Waals surface area contributed by atoms with Crippen molar-refractivity contribution in [2.45, 2.75) is 62.1 Å². The van der Waals surface area contributed by atoms with Crippen molar-refractivity contribution in [1.82, 2.24) is 5.32 Å². The first-order valence-corrected chi connectivity index (χ1v) is 9.58. The number of amides is 1. The Morgan fingerprint density at radius 3 is 2.52 bits per heavy atom. The van der Waals surface area contributed by atoms with E-state index in [1.807, 2.05) is 11.8 Å². The highest BCUT2D eigenvalue weighted by Gasteiger charge is 2.47. The first-order chi connectivity index (χ1) is 11.1. The van der Waals surface area contributed by atoms with Crippen LogP contribution in [0.4, 0.5) is 0 Å². The highest BCUT2D eigenvalue weighted by Crippen LogP contribution is 2.48. The molecule has 1 unspecified atom stereocenters. The number of carbonyl (C=O) groups is 1. The Morgan fingerprint density at radius 2 is 1.96 bits per heavy atom. The summed E-state index contributed by atoms with van der Waals surface area (Å²) in [7, 11) is 0. The lowest BCUT2D eigenvalue weighted by atomic mass is 9.60. The van der Waals surface area contributed by atoms with Crippen LogP contribution in [0, 0.1) is 5.41 Å². The molecule has 4 heteroatoms. The molecule has 23 heavy (non-hydrogen) atoms. The zero-order valence-corrected chi connectivity index (χ0v) is 15.0. The van der Waals surface area contributed by atoms with Gasteiger partial charge >= 0.3 is 0 Å². The van der Waals surface area contributed by atoms with Gasteiger partial charge in [0.1, 0.15) is 0 Å². The van der Waals surface area contributed by atoms with Gasteiger partial charge in [-0.2, -0.15) is 0 Å². The summed E-state index contributed by atoms with van der Waals surface area (Å²) < 4.78 is 5.47. The highest BCUT2D eigenvalue weighted by molar-refractivity contribution is 7.99. The Bertz CT molecular complexity index is 535. The topological polar surface area (TPSA) is 38.3 Å². The average Bonchev–Trinajstić information content (AvgIpc) is 2.54. The van der Waals surface area contributed by atoms with Gasteiger partial charge in [0.05, 0.1) is 6.42 Å². The van der Waals surface area contributed by atoms with Gasteiger partial charge < -0.3 is 10.1 Å². The molecule has 0 radical (unpaired) electrons. The van der Waals surface area contributed by atoms with E-state index in [-0.39, 0.29) is 5.91 Å². The van der Waals surface area contributed by atoms with Crippen molar-refractivity contribution in [3.63, 3.8) is 0 Å². The third-order valence-corrected chi connectivity index (χ3v) is 6.17. The summed E-state index contributed by atoms with van der Waals surface area (Å²) in [6.07, 6.45) is 5.03. The molecule has 2 aliphatic rings. The molecule has 1 N–H and O–H groups in total. The van der Waals surface area contributed by atoms with Gasteiger partial charge in [0.2, 0.25) is 5.91 Å². The minimum absolute atomic E-state index is 0.157. The number of hydrogen-bond acceptors (Lipinski definition) is 3. The first-order valence-electron chi connectivity index (χ1n) is 8.70. The molecule has 1 atom stereocenters. The summed E-state index contributed by atoms with van der Waals surface area (Å²) in [4.78, 5) is 13.6. The van der Waals surface area contributed by atoms with E-state index >= 15 is 0 Å². The first kappa shape index (κ1) is 16.8. The number of carbonyl (C=O) groups excluding carboxylic acids is 1. The van der Waals surface area contributed by atoms with Crippen LogP contribution in [0.5, 0.6) is 0 Å². The molecule has 1 heterocycles. The van der Waals surface area contributed by atoms with E-state index in [0.717, 1.165) is 38.0 Å². The third-order valence-electron chi connectivity index (χ3n) is 5.15. The second-order valence-electron chi connectivity index (χ2n) is 7.12. The van der Waals surface area contributed by atoms with Crippen LogP contribution in [0.2, 0.25) is 0 Å². The van der Waals surface area contributed by atoms with Crippen molar-refractivity contribution >= 4 is 17.7 Å². The highest BCUT2D eigenvalue weighted by atomic mass is 32.2. The van der Waals surface area contributed by atoms with Crippen molar-refractivity contribution in [2.24, 2.45) is 5.41 Å². The molecule has 3 nitrogen and oxygen atoms in total. The molecular formula is C19H27NO2S. The van der Waals surface area contributed by atoms with Gasteiger partial charge in [0, 0.05) is 29.4 Å². The van der Waals surface area contributed by atoms with Gasteiger partial charge in [0.15, 0.2) is 0 Å². The van der Waals surface area contributed by atoms with Crippen molar-refractivity contribution in [3.05, 3.63) is 29.8 Å². The molecular weight excluding hydrogens is 306 g/mol. The number of hydrogen-bond donors (Lipinski definition) is 1. The van der Waals surface area contributed by atoms with E-state index in [4.69, 9.17) is 4.74 Å². The summed E-state index contributed by atoms with van der Waals surface area (Å²) in [6, 6.07) is 8.76. The maximum absolute atomic E-state index is 12.4. The third kappa shape index (κ3) is 4.10. The van der Waals surface area contributed by atoms with Gasteiger partial charge in [-0.05, 0) is 48.8 Å². The van der Waals surface area contributed by atoms with Gasteiger partial charge in [-0.1, -0.05) is 26.0 Å². The number of rotatable bonds is 5. The van der Waals surface area contributed by atoms with Crippen LogP contribution in [0.3, 0.4) is 0 Å². The van der Waals surface area contributed by atoms with Crippen LogP contribution in [0.15, 0.2) is 29.2 Å². The minimum atomic E-state index is 0.157. The fourth-order valence-electron chi connectivity index (χ4n) is 3.69. The monoisotopic (exact) mass is 333 g/mol. The SMILES string of the molecule is CC(C)Sc1ccc(CC(=O)NC2CCC23CCOCC3)cc1. The fraction of sp³-hybridized carbons (Fsp3) is 0.632. The molecule has 1 saturated carbocycles. The Hall–Kier alpha value is -1.00. The van der Waals surface area contributed by atoms with Crippen molar-refractivity contribution in [3.8, 4) is 0 Å². The molecule has 1 spiro atoms. The van der Waals surface area contributed by atoms with Gasteiger partial charge in [-0.25, -0.2) is 0 Å². The van der Waals surface area contributed by atoms with E-state index in [1.54, 1.807) is 0 Å². The van der Waals surface area contributed by atoms with Crippen LogP contribution < -0.4 is 5.32 Å². The lowest BCUT2D eigenvalue weighted by molar-refractivity contribution is -0.126. The Labute approximate surface area is 143 Å². The van der Waals surface area contributed by atoms with Gasteiger partial charge in [-0.3, -0.25) is 4.79 Å². The van der Waals surface area contributed by atoms with E-state index < -0.39 is 0 Å². The summed E-state index contributed by atoms with van der Waals surface area (Å²) in [6.45, 7) is 6.08. The molecule has 1 saturated heterocycles. The van der Waals surface area contributed by atoms with Crippen LogP contribution in [-0.4, -0.2) is 30.4 Å². The number of ether oxygens (including phenoxy) is 1. The predicted molar refractivity (Wildman–Crippen MR) is 94.8 cm³/mol. The van der Waals surface area contributed by atoms with Crippen LogP contribution in [-0.2, 0) is 16.0 Å². The Kier molecular flexibility index (Phi) is 5.32. The summed E-state index contributed by atoms with van der Waals surface area (Å²) in [5.74, 6) is 0.157. The molecule has 0 bridgehead atoms. The molecule has 2 fully saturated rings. The van der Waals surface area contributed by atoms with E-state index in [0.29, 0.717) is 23.1 Å². The van der Waals surface area contributed by atoms with E-state index in [2.05, 4.69) is 43.4 Å².